The Bertz CT molecular complexity index is 584. The molecule has 0 spiro atoms. The molecule has 2 atom stereocenters. The highest BCUT2D eigenvalue weighted by atomic mass is 16.3. The minimum atomic E-state index is -0.663. The van der Waals surface area contributed by atoms with E-state index < -0.39 is 12.1 Å². The minimum Gasteiger partial charge on any atom is -0.394 e. The van der Waals surface area contributed by atoms with Gasteiger partial charge in [0, 0.05) is 6.42 Å². The summed E-state index contributed by atoms with van der Waals surface area (Å²) in [6, 6.07) is -0.542. The average molecular weight is 534 g/mol. The van der Waals surface area contributed by atoms with Crippen molar-refractivity contribution in [2.75, 3.05) is 6.61 Å². The smallest absolute Gasteiger partial charge is 0.220 e. The van der Waals surface area contributed by atoms with Gasteiger partial charge in [0.15, 0.2) is 0 Å². The summed E-state index contributed by atoms with van der Waals surface area (Å²) in [4.78, 5) is 12.3. The van der Waals surface area contributed by atoms with Gasteiger partial charge >= 0.3 is 0 Å². The molecule has 4 heteroatoms. The second kappa shape index (κ2) is 30.2. The van der Waals surface area contributed by atoms with Gasteiger partial charge in [-0.2, -0.15) is 0 Å². The van der Waals surface area contributed by atoms with Crippen LogP contribution in [0.15, 0.2) is 36.5 Å². The van der Waals surface area contributed by atoms with Gasteiger partial charge in [-0.25, -0.2) is 0 Å². The van der Waals surface area contributed by atoms with Gasteiger partial charge in [0.05, 0.1) is 18.8 Å². The lowest BCUT2D eigenvalue weighted by atomic mass is 10.0. The van der Waals surface area contributed by atoms with Gasteiger partial charge in [0.1, 0.15) is 0 Å². The summed E-state index contributed by atoms with van der Waals surface area (Å²) in [7, 11) is 0. The van der Waals surface area contributed by atoms with Crippen LogP contribution in [0, 0.1) is 0 Å². The molecular weight excluding hydrogens is 470 g/mol. The highest BCUT2D eigenvalue weighted by Crippen LogP contribution is 2.14. The van der Waals surface area contributed by atoms with E-state index in [4.69, 9.17) is 0 Å². The zero-order valence-electron chi connectivity index (χ0n) is 25.2. The van der Waals surface area contributed by atoms with E-state index in [0.29, 0.717) is 12.8 Å². The number of rotatable bonds is 28. The van der Waals surface area contributed by atoms with Gasteiger partial charge in [-0.05, 0) is 44.9 Å². The van der Waals surface area contributed by atoms with Gasteiger partial charge < -0.3 is 15.5 Å². The van der Waals surface area contributed by atoms with Crippen molar-refractivity contribution in [2.24, 2.45) is 0 Å². The van der Waals surface area contributed by atoms with Crippen molar-refractivity contribution >= 4 is 5.91 Å². The maximum Gasteiger partial charge on any atom is 0.220 e. The molecule has 0 saturated heterocycles. The lowest BCUT2D eigenvalue weighted by Crippen LogP contribution is -2.45. The number of nitrogens with one attached hydrogen (secondary N) is 1. The van der Waals surface area contributed by atoms with Crippen molar-refractivity contribution in [1.82, 2.24) is 5.32 Å². The topological polar surface area (TPSA) is 69.6 Å². The summed E-state index contributed by atoms with van der Waals surface area (Å²) >= 11 is 0. The number of hydrogen-bond acceptors (Lipinski definition) is 3. The standard InChI is InChI=1S/C34H63NO3/c1-3-5-7-9-11-13-15-16-17-18-20-22-24-26-28-30-34(38)35-32(31-36)33(37)29-27-25-23-21-19-14-12-10-8-6-4-2/h5,7,11,13,16-17,32-33,36-37H,3-4,6,8-10,12,14-15,18-31H2,1-2H3,(H,35,38). The molecule has 0 saturated carbocycles. The Morgan fingerprint density at radius 2 is 1.16 bits per heavy atom. The van der Waals surface area contributed by atoms with Crippen LogP contribution in [-0.4, -0.2) is 34.9 Å². The minimum absolute atomic E-state index is 0.0526. The molecule has 3 N–H and O–H groups in total. The molecule has 2 unspecified atom stereocenters. The molecular formula is C34H63NO3. The molecule has 0 aliphatic rings. The van der Waals surface area contributed by atoms with Crippen molar-refractivity contribution < 1.29 is 15.0 Å². The van der Waals surface area contributed by atoms with Crippen LogP contribution in [0.4, 0.5) is 0 Å². The van der Waals surface area contributed by atoms with E-state index in [9.17, 15) is 15.0 Å². The van der Waals surface area contributed by atoms with Crippen molar-refractivity contribution in [3.8, 4) is 0 Å². The molecule has 0 aromatic rings. The quantitative estimate of drug-likeness (QED) is 0.0693. The van der Waals surface area contributed by atoms with Crippen molar-refractivity contribution in [2.45, 2.75) is 167 Å². The number of carbonyl (C=O) groups is 1. The normalized spacial score (nSPS) is 13.7. The highest BCUT2D eigenvalue weighted by Gasteiger charge is 2.19. The van der Waals surface area contributed by atoms with E-state index >= 15 is 0 Å². The molecule has 0 fully saturated rings. The molecule has 0 heterocycles. The van der Waals surface area contributed by atoms with E-state index in [-0.39, 0.29) is 12.5 Å². The Morgan fingerprint density at radius 3 is 1.74 bits per heavy atom. The largest absolute Gasteiger partial charge is 0.394 e. The number of unbranched alkanes of at least 4 members (excludes halogenated alkanes) is 15. The van der Waals surface area contributed by atoms with Crippen LogP contribution in [0.2, 0.25) is 0 Å². The van der Waals surface area contributed by atoms with E-state index in [1.54, 1.807) is 0 Å². The molecule has 0 aromatic heterocycles. The first-order valence-corrected chi connectivity index (χ1v) is 16.2. The molecule has 0 rings (SSSR count). The van der Waals surface area contributed by atoms with Crippen LogP contribution >= 0.6 is 0 Å². The second-order valence-electron chi connectivity index (χ2n) is 10.8. The fourth-order valence-electron chi connectivity index (χ4n) is 4.67. The van der Waals surface area contributed by atoms with E-state index in [0.717, 1.165) is 57.8 Å². The molecule has 38 heavy (non-hydrogen) atoms. The number of carbonyl (C=O) groups excluding carboxylic acids is 1. The van der Waals surface area contributed by atoms with Crippen LogP contribution in [0.5, 0.6) is 0 Å². The van der Waals surface area contributed by atoms with Gasteiger partial charge in [0.2, 0.25) is 5.91 Å². The van der Waals surface area contributed by atoms with Crippen molar-refractivity contribution in [3.05, 3.63) is 36.5 Å². The summed E-state index contributed by atoms with van der Waals surface area (Å²) in [5.74, 6) is -0.0526. The maximum absolute atomic E-state index is 12.3. The summed E-state index contributed by atoms with van der Waals surface area (Å²) in [6.07, 6.45) is 37.6. The summed E-state index contributed by atoms with van der Waals surface area (Å²) in [5, 5.41) is 22.9. The van der Waals surface area contributed by atoms with Crippen molar-refractivity contribution in [3.63, 3.8) is 0 Å². The number of aliphatic hydroxyl groups is 2. The highest BCUT2D eigenvalue weighted by molar-refractivity contribution is 5.76. The third-order valence-electron chi connectivity index (χ3n) is 7.17. The van der Waals surface area contributed by atoms with Gasteiger partial charge in [-0.1, -0.05) is 140 Å². The van der Waals surface area contributed by atoms with Crippen LogP contribution < -0.4 is 5.32 Å². The van der Waals surface area contributed by atoms with Crippen LogP contribution in [0.25, 0.3) is 0 Å². The van der Waals surface area contributed by atoms with E-state index in [1.165, 1.54) is 70.6 Å². The first-order chi connectivity index (χ1) is 18.7. The predicted octanol–water partition coefficient (Wildman–Crippen LogP) is 9.12. The first kappa shape index (κ1) is 36.6. The summed E-state index contributed by atoms with van der Waals surface area (Å²) in [6.45, 7) is 4.21. The molecule has 0 radical (unpaired) electrons. The molecule has 222 valence electrons. The summed E-state index contributed by atoms with van der Waals surface area (Å²) in [5.41, 5.74) is 0. The molecule has 0 bridgehead atoms. The van der Waals surface area contributed by atoms with Crippen LogP contribution in [0.1, 0.15) is 155 Å². The number of aliphatic hydroxyl groups excluding tert-OH is 2. The Labute approximate surface area is 236 Å². The van der Waals surface area contributed by atoms with Gasteiger partial charge in [-0.3, -0.25) is 4.79 Å². The summed E-state index contributed by atoms with van der Waals surface area (Å²) < 4.78 is 0. The molecule has 4 nitrogen and oxygen atoms in total. The third-order valence-corrected chi connectivity index (χ3v) is 7.17. The Balaban J connectivity index is 3.65. The average Bonchev–Trinajstić information content (AvgIpc) is 2.92. The van der Waals surface area contributed by atoms with E-state index in [2.05, 4.69) is 55.6 Å². The van der Waals surface area contributed by atoms with Gasteiger partial charge in [0.25, 0.3) is 0 Å². The Hall–Kier alpha value is -1.39. The second-order valence-corrected chi connectivity index (χ2v) is 10.8. The Kier molecular flexibility index (Phi) is 29.1. The molecule has 1 amide bonds. The lowest BCUT2D eigenvalue weighted by Gasteiger charge is -2.22. The molecule has 0 aliphatic heterocycles. The molecule has 0 aliphatic carbocycles. The first-order valence-electron chi connectivity index (χ1n) is 16.2. The third kappa shape index (κ3) is 26.2. The maximum atomic E-state index is 12.3. The zero-order valence-corrected chi connectivity index (χ0v) is 25.2. The number of hydrogen-bond donors (Lipinski definition) is 3. The number of amides is 1. The SMILES string of the molecule is CCC=CCC=CCC=CCCCCCCCC(=O)NC(CO)C(O)CCCCCCCCCCCCC. The zero-order chi connectivity index (χ0) is 27.9. The molecule has 0 aromatic carbocycles. The van der Waals surface area contributed by atoms with Crippen LogP contribution in [-0.2, 0) is 4.79 Å². The number of allylic oxidation sites excluding steroid dienone is 6. The lowest BCUT2D eigenvalue weighted by molar-refractivity contribution is -0.123. The van der Waals surface area contributed by atoms with Crippen molar-refractivity contribution in [1.29, 1.82) is 0 Å². The Morgan fingerprint density at radius 1 is 0.658 bits per heavy atom. The monoisotopic (exact) mass is 533 g/mol. The fraction of sp³-hybridized carbons (Fsp3) is 0.794. The van der Waals surface area contributed by atoms with E-state index in [1.807, 2.05) is 0 Å². The van der Waals surface area contributed by atoms with Gasteiger partial charge in [-0.15, -0.1) is 0 Å². The fourth-order valence-corrected chi connectivity index (χ4v) is 4.67. The predicted molar refractivity (Wildman–Crippen MR) is 165 cm³/mol. The van der Waals surface area contributed by atoms with Crippen LogP contribution in [0.3, 0.4) is 0 Å².